The number of hydrogen-bond acceptors (Lipinski definition) is 1. The zero-order valence-electron chi connectivity index (χ0n) is 7.61. The predicted molar refractivity (Wildman–Crippen MR) is 41.3 cm³/mol. The highest BCUT2D eigenvalue weighted by molar-refractivity contribution is 5.74. The van der Waals surface area contributed by atoms with Gasteiger partial charge in [-0.05, 0) is 12.8 Å². The number of hydrogen-bond donors (Lipinski definition) is 1. The molecular weight excluding hydrogens is 185 g/mol. The van der Waals surface area contributed by atoms with Crippen molar-refractivity contribution in [2.75, 3.05) is 0 Å². The minimum absolute atomic E-state index is 0.00164. The molecule has 0 aliphatic rings. The molecule has 0 heterocycles. The fourth-order valence-corrected chi connectivity index (χ4v) is 1.26. The summed E-state index contributed by atoms with van der Waals surface area (Å²) >= 11 is 0. The summed E-state index contributed by atoms with van der Waals surface area (Å²) in [5.74, 6) is -1.37. The molecule has 0 saturated heterocycles. The summed E-state index contributed by atoms with van der Waals surface area (Å²) in [6.07, 6.45) is -5.66. The first kappa shape index (κ1) is 12.3. The normalized spacial score (nSPS) is 13.0. The third-order valence-electron chi connectivity index (χ3n) is 2.35. The van der Waals surface area contributed by atoms with Crippen molar-refractivity contribution >= 4 is 5.97 Å². The number of carbonyl (C=O) groups is 1. The van der Waals surface area contributed by atoms with Gasteiger partial charge in [-0.15, -0.1) is 0 Å². The third kappa shape index (κ3) is 3.24. The predicted octanol–water partition coefficient (Wildman–Crippen LogP) is 2.83. The lowest BCUT2D eigenvalue weighted by Crippen LogP contribution is -2.34. The third-order valence-corrected chi connectivity index (χ3v) is 2.35. The van der Waals surface area contributed by atoms with Gasteiger partial charge in [0.25, 0.3) is 0 Å². The fourth-order valence-electron chi connectivity index (χ4n) is 1.26. The molecule has 0 amide bonds. The van der Waals surface area contributed by atoms with Gasteiger partial charge < -0.3 is 5.11 Å². The molecular formula is C8H13F3O2. The molecule has 0 aliphatic carbocycles. The first-order chi connectivity index (χ1) is 5.77. The molecule has 0 aromatic rings. The standard InChI is InChI=1S/C8H13F3O2/c1-3-7(4-2,6(12)13)5-8(9,10)11/h3-5H2,1-2H3,(H,12,13). The first-order valence-corrected chi connectivity index (χ1v) is 4.07. The van der Waals surface area contributed by atoms with E-state index in [-0.39, 0.29) is 12.8 Å². The second kappa shape index (κ2) is 3.98. The van der Waals surface area contributed by atoms with Crippen molar-refractivity contribution in [2.24, 2.45) is 5.41 Å². The Hall–Kier alpha value is -0.740. The highest BCUT2D eigenvalue weighted by atomic mass is 19.4. The van der Waals surface area contributed by atoms with Crippen LogP contribution in [0.2, 0.25) is 0 Å². The number of rotatable bonds is 4. The minimum atomic E-state index is -4.41. The second-order valence-electron chi connectivity index (χ2n) is 3.08. The average molecular weight is 198 g/mol. The van der Waals surface area contributed by atoms with Crippen LogP contribution in [0.15, 0.2) is 0 Å². The van der Waals surface area contributed by atoms with Gasteiger partial charge >= 0.3 is 12.1 Å². The van der Waals surface area contributed by atoms with Gasteiger partial charge in [0.1, 0.15) is 0 Å². The largest absolute Gasteiger partial charge is 0.481 e. The lowest BCUT2D eigenvalue weighted by atomic mass is 9.79. The first-order valence-electron chi connectivity index (χ1n) is 4.07. The van der Waals surface area contributed by atoms with Crippen LogP contribution in [-0.2, 0) is 4.79 Å². The molecule has 2 nitrogen and oxygen atoms in total. The fraction of sp³-hybridized carbons (Fsp3) is 0.875. The van der Waals surface area contributed by atoms with Crippen molar-refractivity contribution < 1.29 is 23.1 Å². The Bertz CT molecular complexity index is 182. The van der Waals surface area contributed by atoms with E-state index in [1.165, 1.54) is 13.8 Å². The van der Waals surface area contributed by atoms with Gasteiger partial charge in [0, 0.05) is 0 Å². The van der Waals surface area contributed by atoms with Crippen LogP contribution >= 0.6 is 0 Å². The van der Waals surface area contributed by atoms with Crippen LogP contribution in [0.3, 0.4) is 0 Å². The van der Waals surface area contributed by atoms with Crippen LogP contribution in [0.5, 0.6) is 0 Å². The molecule has 0 rings (SSSR count). The molecule has 5 heteroatoms. The summed E-state index contributed by atoms with van der Waals surface area (Å²) in [7, 11) is 0. The van der Waals surface area contributed by atoms with E-state index in [9.17, 15) is 18.0 Å². The van der Waals surface area contributed by atoms with Gasteiger partial charge in [-0.2, -0.15) is 13.2 Å². The van der Waals surface area contributed by atoms with E-state index < -0.39 is 24.0 Å². The summed E-state index contributed by atoms with van der Waals surface area (Å²) < 4.78 is 36.1. The van der Waals surface area contributed by atoms with E-state index in [1.54, 1.807) is 0 Å². The van der Waals surface area contributed by atoms with Crippen molar-refractivity contribution in [3.05, 3.63) is 0 Å². The summed E-state index contributed by atoms with van der Waals surface area (Å²) in [4.78, 5) is 10.7. The molecule has 0 saturated carbocycles. The van der Waals surface area contributed by atoms with Gasteiger partial charge in [0.05, 0.1) is 11.8 Å². The maximum absolute atomic E-state index is 12.0. The SMILES string of the molecule is CCC(CC)(CC(F)(F)F)C(=O)O. The van der Waals surface area contributed by atoms with Gasteiger partial charge in [0.2, 0.25) is 0 Å². The number of alkyl halides is 3. The molecule has 0 radical (unpaired) electrons. The number of carboxylic acids is 1. The lowest BCUT2D eigenvalue weighted by molar-refractivity contribution is -0.179. The number of halogens is 3. The Morgan fingerprint density at radius 2 is 1.62 bits per heavy atom. The van der Waals surface area contributed by atoms with Crippen LogP contribution in [-0.4, -0.2) is 17.3 Å². The zero-order chi connectivity index (χ0) is 10.7. The molecule has 0 fully saturated rings. The highest BCUT2D eigenvalue weighted by Crippen LogP contribution is 2.39. The number of carboxylic acid groups (broad SMARTS) is 1. The lowest BCUT2D eigenvalue weighted by Gasteiger charge is -2.27. The molecule has 0 atom stereocenters. The summed E-state index contributed by atoms with van der Waals surface area (Å²) in [6.45, 7) is 2.92. The van der Waals surface area contributed by atoms with E-state index in [1.807, 2.05) is 0 Å². The smallest absolute Gasteiger partial charge is 0.390 e. The van der Waals surface area contributed by atoms with Crippen molar-refractivity contribution in [2.45, 2.75) is 39.3 Å². The molecule has 0 aromatic carbocycles. The zero-order valence-corrected chi connectivity index (χ0v) is 7.61. The average Bonchev–Trinajstić information content (AvgIpc) is 1.98. The van der Waals surface area contributed by atoms with Gasteiger partial charge in [-0.25, -0.2) is 0 Å². The van der Waals surface area contributed by atoms with E-state index >= 15 is 0 Å². The van der Waals surface area contributed by atoms with E-state index in [0.717, 1.165) is 0 Å². The molecule has 0 aliphatic heterocycles. The number of aliphatic carboxylic acids is 1. The van der Waals surface area contributed by atoms with E-state index in [0.29, 0.717) is 0 Å². The molecule has 0 spiro atoms. The molecule has 78 valence electrons. The van der Waals surface area contributed by atoms with Crippen LogP contribution in [0.1, 0.15) is 33.1 Å². The van der Waals surface area contributed by atoms with Crippen LogP contribution in [0.25, 0.3) is 0 Å². The minimum Gasteiger partial charge on any atom is -0.481 e. The van der Waals surface area contributed by atoms with Gasteiger partial charge in [0.15, 0.2) is 0 Å². The van der Waals surface area contributed by atoms with E-state index in [2.05, 4.69) is 0 Å². The van der Waals surface area contributed by atoms with Crippen molar-refractivity contribution in [1.29, 1.82) is 0 Å². The second-order valence-corrected chi connectivity index (χ2v) is 3.08. The quantitative estimate of drug-likeness (QED) is 0.754. The maximum atomic E-state index is 12.0. The van der Waals surface area contributed by atoms with Gasteiger partial charge in [-0.3, -0.25) is 4.79 Å². The van der Waals surface area contributed by atoms with Crippen molar-refractivity contribution in [3.8, 4) is 0 Å². The maximum Gasteiger partial charge on any atom is 0.390 e. The summed E-state index contributed by atoms with van der Waals surface area (Å²) in [5.41, 5.74) is -1.64. The van der Waals surface area contributed by atoms with Crippen molar-refractivity contribution in [3.63, 3.8) is 0 Å². The van der Waals surface area contributed by atoms with Crippen LogP contribution < -0.4 is 0 Å². The monoisotopic (exact) mass is 198 g/mol. The van der Waals surface area contributed by atoms with Crippen LogP contribution in [0.4, 0.5) is 13.2 Å². The highest BCUT2D eigenvalue weighted by Gasteiger charge is 2.45. The molecule has 13 heavy (non-hydrogen) atoms. The van der Waals surface area contributed by atoms with E-state index in [4.69, 9.17) is 5.11 Å². The van der Waals surface area contributed by atoms with Crippen LogP contribution in [0, 0.1) is 5.41 Å². The van der Waals surface area contributed by atoms with Gasteiger partial charge in [-0.1, -0.05) is 13.8 Å². The molecule has 0 aromatic heterocycles. The Balaban J connectivity index is 4.69. The summed E-state index contributed by atoms with van der Waals surface area (Å²) in [5, 5.41) is 8.69. The van der Waals surface area contributed by atoms with Crippen molar-refractivity contribution in [1.82, 2.24) is 0 Å². The molecule has 0 bridgehead atoms. The Morgan fingerprint density at radius 1 is 1.23 bits per heavy atom. The Labute approximate surface area is 74.7 Å². The Kier molecular flexibility index (Phi) is 3.75. The summed E-state index contributed by atoms with van der Waals surface area (Å²) in [6, 6.07) is 0. The Morgan fingerprint density at radius 3 is 1.69 bits per heavy atom. The topological polar surface area (TPSA) is 37.3 Å². The molecule has 0 unspecified atom stereocenters. The molecule has 1 N–H and O–H groups in total.